The van der Waals surface area contributed by atoms with Gasteiger partial charge >= 0.3 is 0 Å². The largest absolute Gasteiger partial charge is 0.399 e. The van der Waals surface area contributed by atoms with Gasteiger partial charge in [0.05, 0.1) is 11.0 Å². The highest BCUT2D eigenvalue weighted by atomic mass is 19.2. The summed E-state index contributed by atoms with van der Waals surface area (Å²) in [4.78, 5) is 4.48. The molecule has 1 aromatic heterocycles. The number of fused-ring (bicyclic) bond motifs is 1. The zero-order valence-corrected chi connectivity index (χ0v) is 12.6. The van der Waals surface area contributed by atoms with E-state index in [1.165, 1.54) is 6.07 Å². The van der Waals surface area contributed by atoms with Crippen LogP contribution in [-0.2, 0) is 6.54 Å². The van der Waals surface area contributed by atoms with E-state index in [2.05, 4.69) is 4.98 Å². The van der Waals surface area contributed by atoms with Crippen molar-refractivity contribution in [3.8, 4) is 11.4 Å². The van der Waals surface area contributed by atoms with Gasteiger partial charge in [0, 0.05) is 29.9 Å². The summed E-state index contributed by atoms with van der Waals surface area (Å²) in [6.07, 6.45) is 1.69. The maximum atomic E-state index is 13.6. The first-order valence-corrected chi connectivity index (χ1v) is 7.51. The summed E-state index contributed by atoms with van der Waals surface area (Å²) in [5, 5.41) is 0. The molecule has 0 spiro atoms. The van der Waals surface area contributed by atoms with Crippen molar-refractivity contribution in [2.45, 2.75) is 19.4 Å². The van der Waals surface area contributed by atoms with Gasteiger partial charge in [-0.05, 0) is 43.7 Å². The normalized spacial score (nSPS) is 11.3. The first kappa shape index (κ1) is 15.4. The van der Waals surface area contributed by atoms with Gasteiger partial charge in [0.1, 0.15) is 5.82 Å². The Labute approximate surface area is 132 Å². The number of hydrogen-bond acceptors (Lipinski definition) is 3. The quantitative estimate of drug-likeness (QED) is 0.560. The summed E-state index contributed by atoms with van der Waals surface area (Å²) in [5.74, 6) is -1.10. The molecule has 0 fully saturated rings. The third-order valence-electron chi connectivity index (χ3n) is 3.80. The molecule has 0 saturated heterocycles. The number of halogens is 2. The van der Waals surface area contributed by atoms with Crippen molar-refractivity contribution in [1.82, 2.24) is 9.55 Å². The topological polar surface area (TPSA) is 69.9 Å². The predicted octanol–water partition coefficient (Wildman–Crippen LogP) is 3.30. The molecule has 0 saturated carbocycles. The molecular weight excluding hydrogens is 298 g/mol. The van der Waals surface area contributed by atoms with Crippen molar-refractivity contribution in [2.24, 2.45) is 5.73 Å². The third kappa shape index (κ3) is 3.03. The highest BCUT2D eigenvalue weighted by molar-refractivity contribution is 5.81. The number of benzene rings is 2. The lowest BCUT2D eigenvalue weighted by atomic mass is 10.2. The Morgan fingerprint density at radius 2 is 1.70 bits per heavy atom. The van der Waals surface area contributed by atoms with Gasteiger partial charge in [0.25, 0.3) is 0 Å². The van der Waals surface area contributed by atoms with Crippen LogP contribution in [0, 0.1) is 11.6 Å². The molecular formula is C17H18F2N4. The Kier molecular flexibility index (Phi) is 4.25. The second-order valence-electron chi connectivity index (χ2n) is 5.46. The molecule has 3 aromatic rings. The minimum absolute atomic E-state index is 0.434. The number of rotatable bonds is 5. The monoisotopic (exact) mass is 316 g/mol. The van der Waals surface area contributed by atoms with Crippen LogP contribution in [0.4, 0.5) is 14.5 Å². The van der Waals surface area contributed by atoms with Gasteiger partial charge in [0.2, 0.25) is 0 Å². The fraction of sp³-hybridized carbons (Fsp3) is 0.235. The van der Waals surface area contributed by atoms with Crippen LogP contribution in [0.25, 0.3) is 22.4 Å². The molecule has 6 heteroatoms. The molecule has 23 heavy (non-hydrogen) atoms. The van der Waals surface area contributed by atoms with Crippen molar-refractivity contribution in [3.63, 3.8) is 0 Å². The van der Waals surface area contributed by atoms with Crippen molar-refractivity contribution in [1.29, 1.82) is 0 Å². The Morgan fingerprint density at radius 1 is 1.00 bits per heavy atom. The second kappa shape index (κ2) is 6.34. The van der Waals surface area contributed by atoms with Crippen LogP contribution in [0.3, 0.4) is 0 Å². The maximum absolute atomic E-state index is 13.6. The first-order valence-electron chi connectivity index (χ1n) is 7.51. The molecule has 2 aromatic carbocycles. The van der Waals surface area contributed by atoms with Gasteiger partial charge in [-0.1, -0.05) is 0 Å². The zero-order valence-electron chi connectivity index (χ0n) is 12.6. The van der Waals surface area contributed by atoms with E-state index in [0.717, 1.165) is 24.5 Å². The highest BCUT2D eigenvalue weighted by Gasteiger charge is 2.15. The van der Waals surface area contributed by atoms with Crippen LogP contribution in [0.1, 0.15) is 12.8 Å². The molecule has 0 atom stereocenters. The second-order valence-corrected chi connectivity index (χ2v) is 5.46. The molecule has 3 rings (SSSR count). The molecule has 0 bridgehead atoms. The molecule has 4 N–H and O–H groups in total. The fourth-order valence-corrected chi connectivity index (χ4v) is 2.61. The number of hydrogen-bond donors (Lipinski definition) is 2. The molecule has 0 unspecified atom stereocenters. The lowest BCUT2D eigenvalue weighted by Gasteiger charge is -2.09. The minimum atomic E-state index is -0.895. The average Bonchev–Trinajstić information content (AvgIpc) is 2.87. The van der Waals surface area contributed by atoms with Crippen LogP contribution < -0.4 is 11.5 Å². The van der Waals surface area contributed by atoms with Crippen LogP contribution in [0.2, 0.25) is 0 Å². The number of unbranched alkanes of at least 4 members (excludes halogenated alkanes) is 1. The lowest BCUT2D eigenvalue weighted by Crippen LogP contribution is -2.05. The molecule has 0 aliphatic heterocycles. The zero-order chi connectivity index (χ0) is 16.4. The van der Waals surface area contributed by atoms with E-state index >= 15 is 0 Å². The SMILES string of the molecule is NCCCCn1c(-c2ccc(N)cc2)nc2cc(F)c(F)cc21. The van der Waals surface area contributed by atoms with E-state index in [4.69, 9.17) is 11.5 Å². The van der Waals surface area contributed by atoms with Gasteiger partial charge in [-0.25, -0.2) is 13.8 Å². The van der Waals surface area contributed by atoms with E-state index in [-0.39, 0.29) is 0 Å². The Morgan fingerprint density at radius 3 is 2.39 bits per heavy atom. The number of aromatic nitrogens is 2. The van der Waals surface area contributed by atoms with E-state index in [0.29, 0.717) is 35.6 Å². The molecule has 1 heterocycles. The number of aryl methyl sites for hydroxylation is 1. The number of nitrogens with two attached hydrogens (primary N) is 2. The standard InChI is InChI=1S/C17H18F2N4/c18-13-9-15-16(10-14(13)19)23(8-2-1-7-20)17(22-15)11-3-5-12(21)6-4-11/h3-6,9-10H,1-2,7-8,20-21H2. The van der Waals surface area contributed by atoms with E-state index in [1.54, 1.807) is 12.1 Å². The summed E-state index contributed by atoms with van der Waals surface area (Å²) in [6.45, 7) is 1.23. The minimum Gasteiger partial charge on any atom is -0.399 e. The van der Waals surface area contributed by atoms with Crippen LogP contribution in [0.15, 0.2) is 36.4 Å². The predicted molar refractivity (Wildman–Crippen MR) is 87.8 cm³/mol. The number of imidazole rings is 1. The average molecular weight is 316 g/mol. The van der Waals surface area contributed by atoms with Gasteiger partial charge in [0.15, 0.2) is 11.6 Å². The summed E-state index contributed by atoms with van der Waals surface area (Å²) in [6, 6.07) is 9.58. The Hall–Kier alpha value is -2.47. The van der Waals surface area contributed by atoms with E-state index in [1.807, 2.05) is 16.7 Å². The van der Waals surface area contributed by atoms with Gasteiger partial charge in [-0.3, -0.25) is 0 Å². The van der Waals surface area contributed by atoms with Crippen LogP contribution in [-0.4, -0.2) is 16.1 Å². The Bertz CT molecular complexity index is 825. The maximum Gasteiger partial charge on any atom is 0.161 e. The summed E-state index contributed by atoms with van der Waals surface area (Å²) < 4.78 is 29.0. The first-order chi connectivity index (χ1) is 11.1. The van der Waals surface area contributed by atoms with Crippen LogP contribution in [0.5, 0.6) is 0 Å². The van der Waals surface area contributed by atoms with Crippen molar-refractivity contribution < 1.29 is 8.78 Å². The van der Waals surface area contributed by atoms with Gasteiger partial charge in [-0.15, -0.1) is 0 Å². The number of anilines is 1. The lowest BCUT2D eigenvalue weighted by molar-refractivity contribution is 0.510. The van der Waals surface area contributed by atoms with Crippen molar-refractivity contribution in [3.05, 3.63) is 48.0 Å². The summed E-state index contributed by atoms with van der Waals surface area (Å²) in [5.41, 5.74) is 13.8. The fourth-order valence-electron chi connectivity index (χ4n) is 2.61. The smallest absolute Gasteiger partial charge is 0.161 e. The highest BCUT2D eigenvalue weighted by Crippen LogP contribution is 2.27. The van der Waals surface area contributed by atoms with E-state index < -0.39 is 11.6 Å². The molecule has 0 aliphatic carbocycles. The van der Waals surface area contributed by atoms with Gasteiger partial charge in [-0.2, -0.15) is 0 Å². The Balaban J connectivity index is 2.14. The van der Waals surface area contributed by atoms with Crippen molar-refractivity contribution in [2.75, 3.05) is 12.3 Å². The van der Waals surface area contributed by atoms with Crippen molar-refractivity contribution >= 4 is 16.7 Å². The number of nitrogens with zero attached hydrogens (tertiary/aromatic N) is 2. The molecule has 0 amide bonds. The van der Waals surface area contributed by atoms with Gasteiger partial charge < -0.3 is 16.0 Å². The third-order valence-corrected chi connectivity index (χ3v) is 3.80. The molecule has 0 aliphatic rings. The summed E-state index contributed by atoms with van der Waals surface area (Å²) >= 11 is 0. The molecule has 120 valence electrons. The molecule has 0 radical (unpaired) electrons. The van der Waals surface area contributed by atoms with Crippen LogP contribution >= 0.6 is 0 Å². The number of nitrogen functional groups attached to an aromatic ring is 1. The summed E-state index contributed by atoms with van der Waals surface area (Å²) in [7, 11) is 0. The molecule has 4 nitrogen and oxygen atoms in total. The van der Waals surface area contributed by atoms with E-state index in [9.17, 15) is 8.78 Å².